The molecule has 1 spiro atoms. The zero-order chi connectivity index (χ0) is 17.6. The number of urea groups is 1. The Labute approximate surface area is 143 Å². The van der Waals surface area contributed by atoms with E-state index < -0.39 is 29.1 Å². The van der Waals surface area contributed by atoms with Crippen LogP contribution in [0, 0.1) is 11.6 Å². The summed E-state index contributed by atoms with van der Waals surface area (Å²) in [6, 6.07) is 10.7. The van der Waals surface area contributed by atoms with Gasteiger partial charge in [0.05, 0.1) is 6.54 Å². The van der Waals surface area contributed by atoms with Crippen LogP contribution in [0.3, 0.4) is 0 Å². The molecule has 4 nitrogen and oxygen atoms in total. The van der Waals surface area contributed by atoms with E-state index in [0.717, 1.165) is 34.9 Å². The maximum absolute atomic E-state index is 13.9. The molecule has 1 saturated heterocycles. The van der Waals surface area contributed by atoms with Gasteiger partial charge in [-0.2, -0.15) is 0 Å². The van der Waals surface area contributed by atoms with Gasteiger partial charge in [0.2, 0.25) is 0 Å². The number of nitrogens with zero attached hydrogens (tertiary/aromatic N) is 1. The maximum atomic E-state index is 13.9. The number of carbonyl (C=O) groups is 2. The van der Waals surface area contributed by atoms with Crippen LogP contribution in [0.5, 0.6) is 0 Å². The molecule has 6 heteroatoms. The van der Waals surface area contributed by atoms with E-state index in [9.17, 15) is 18.4 Å². The second kappa shape index (κ2) is 5.65. The molecule has 3 amide bonds. The van der Waals surface area contributed by atoms with Gasteiger partial charge in [0, 0.05) is 5.56 Å². The number of hydrogen-bond acceptors (Lipinski definition) is 2. The summed E-state index contributed by atoms with van der Waals surface area (Å²) in [5.41, 5.74) is 0.697. The third-order valence-corrected chi connectivity index (χ3v) is 5.01. The summed E-state index contributed by atoms with van der Waals surface area (Å²) >= 11 is 0. The molecule has 1 atom stereocenters. The highest BCUT2D eigenvalue weighted by Crippen LogP contribution is 2.40. The quantitative estimate of drug-likeness (QED) is 0.852. The zero-order valence-electron chi connectivity index (χ0n) is 13.4. The molecule has 1 fully saturated rings. The number of rotatable bonds is 2. The van der Waals surface area contributed by atoms with E-state index in [1.54, 1.807) is 0 Å². The highest BCUT2D eigenvalue weighted by Gasteiger charge is 2.53. The Hall–Kier alpha value is -2.76. The van der Waals surface area contributed by atoms with Crippen molar-refractivity contribution in [3.05, 3.63) is 70.8 Å². The number of aryl methyl sites for hydroxylation is 1. The van der Waals surface area contributed by atoms with Crippen LogP contribution in [0.15, 0.2) is 42.5 Å². The predicted octanol–water partition coefficient (Wildman–Crippen LogP) is 3.25. The van der Waals surface area contributed by atoms with Crippen LogP contribution in [0.1, 0.15) is 29.5 Å². The van der Waals surface area contributed by atoms with Gasteiger partial charge >= 0.3 is 6.03 Å². The molecule has 0 unspecified atom stereocenters. The van der Waals surface area contributed by atoms with Gasteiger partial charge in [-0.3, -0.25) is 9.69 Å². The lowest BCUT2D eigenvalue weighted by Gasteiger charge is -2.33. The molecular formula is C19H16F2N2O2. The van der Waals surface area contributed by atoms with E-state index in [0.29, 0.717) is 6.42 Å². The summed E-state index contributed by atoms with van der Waals surface area (Å²) in [7, 11) is 0. The summed E-state index contributed by atoms with van der Waals surface area (Å²) in [5.74, 6) is -2.44. The molecule has 1 N–H and O–H groups in total. The first-order valence-electron chi connectivity index (χ1n) is 8.18. The lowest BCUT2D eigenvalue weighted by molar-refractivity contribution is -0.132. The van der Waals surface area contributed by atoms with Gasteiger partial charge in [0.1, 0.15) is 5.54 Å². The molecule has 0 bridgehead atoms. The number of imide groups is 1. The van der Waals surface area contributed by atoms with E-state index in [4.69, 9.17) is 0 Å². The second-order valence-electron chi connectivity index (χ2n) is 6.45. The van der Waals surface area contributed by atoms with Crippen molar-refractivity contribution in [2.24, 2.45) is 0 Å². The zero-order valence-corrected chi connectivity index (χ0v) is 13.4. The Balaban J connectivity index is 1.71. The van der Waals surface area contributed by atoms with Crippen molar-refractivity contribution in [1.29, 1.82) is 0 Å². The van der Waals surface area contributed by atoms with E-state index >= 15 is 0 Å². The standard InChI is InChI=1S/C19H16F2N2O2/c20-15-9-3-6-13(16(15)21)11-23-17(24)19(22-18(23)25)10-4-7-12-5-1-2-8-14(12)19/h1-3,5-6,8-9H,4,7,10-11H2,(H,22,25)/t19-/m0/s1. The van der Waals surface area contributed by atoms with Crippen molar-refractivity contribution in [2.45, 2.75) is 31.3 Å². The molecule has 1 aliphatic carbocycles. The lowest BCUT2D eigenvalue weighted by Crippen LogP contribution is -2.46. The average Bonchev–Trinajstić information content (AvgIpc) is 2.84. The Morgan fingerprint density at radius 3 is 2.72 bits per heavy atom. The first-order valence-corrected chi connectivity index (χ1v) is 8.18. The van der Waals surface area contributed by atoms with Gasteiger partial charge in [0.25, 0.3) is 5.91 Å². The van der Waals surface area contributed by atoms with E-state index in [1.807, 2.05) is 24.3 Å². The van der Waals surface area contributed by atoms with Crippen LogP contribution in [0.2, 0.25) is 0 Å². The minimum absolute atomic E-state index is 0.0235. The number of carbonyl (C=O) groups excluding carboxylic acids is 2. The topological polar surface area (TPSA) is 49.4 Å². The van der Waals surface area contributed by atoms with Crippen LogP contribution >= 0.6 is 0 Å². The molecule has 1 heterocycles. The number of amides is 3. The first kappa shape index (κ1) is 15.7. The summed E-state index contributed by atoms with van der Waals surface area (Å²) in [6.45, 7) is -0.293. The number of fused-ring (bicyclic) bond motifs is 2. The van der Waals surface area contributed by atoms with Crippen molar-refractivity contribution in [3.8, 4) is 0 Å². The van der Waals surface area contributed by atoms with Crippen molar-refractivity contribution < 1.29 is 18.4 Å². The van der Waals surface area contributed by atoms with Crippen LogP contribution in [-0.2, 0) is 23.3 Å². The molecule has 0 aromatic heterocycles. The Morgan fingerprint density at radius 1 is 1.08 bits per heavy atom. The number of benzene rings is 2. The van der Waals surface area contributed by atoms with Gasteiger partial charge in [0.15, 0.2) is 11.6 Å². The smallest absolute Gasteiger partial charge is 0.319 e. The van der Waals surface area contributed by atoms with E-state index in [2.05, 4.69) is 5.32 Å². The molecule has 128 valence electrons. The second-order valence-corrected chi connectivity index (χ2v) is 6.45. The molecule has 2 aromatic carbocycles. The monoisotopic (exact) mass is 342 g/mol. The van der Waals surface area contributed by atoms with Crippen LogP contribution in [-0.4, -0.2) is 16.8 Å². The molecule has 2 aromatic rings. The van der Waals surface area contributed by atoms with Crippen LogP contribution < -0.4 is 5.32 Å². The lowest BCUT2D eigenvalue weighted by atomic mass is 9.76. The van der Waals surface area contributed by atoms with Gasteiger partial charge in [-0.1, -0.05) is 36.4 Å². The van der Waals surface area contributed by atoms with Crippen molar-refractivity contribution in [2.75, 3.05) is 0 Å². The Kier molecular flexibility index (Phi) is 3.56. The largest absolute Gasteiger partial charge is 0.325 e. The number of hydrogen-bond donors (Lipinski definition) is 1. The average molecular weight is 342 g/mol. The molecular weight excluding hydrogens is 326 g/mol. The summed E-state index contributed by atoms with van der Waals surface area (Å²) < 4.78 is 27.4. The van der Waals surface area contributed by atoms with Crippen molar-refractivity contribution >= 4 is 11.9 Å². The first-order chi connectivity index (χ1) is 12.0. The minimum atomic E-state index is -1.10. The van der Waals surface area contributed by atoms with Gasteiger partial charge in [-0.25, -0.2) is 13.6 Å². The molecule has 0 saturated carbocycles. The van der Waals surface area contributed by atoms with E-state index in [-0.39, 0.29) is 12.1 Å². The summed E-state index contributed by atoms with van der Waals surface area (Å²) in [6.07, 6.45) is 2.11. The Morgan fingerprint density at radius 2 is 1.88 bits per heavy atom. The normalized spacial score (nSPS) is 22.2. The van der Waals surface area contributed by atoms with Crippen LogP contribution in [0.25, 0.3) is 0 Å². The number of halogens is 2. The van der Waals surface area contributed by atoms with Gasteiger partial charge < -0.3 is 5.32 Å². The minimum Gasteiger partial charge on any atom is -0.319 e. The summed E-state index contributed by atoms with van der Waals surface area (Å²) in [5, 5.41) is 2.80. The van der Waals surface area contributed by atoms with E-state index in [1.165, 1.54) is 12.1 Å². The Bertz CT molecular complexity index is 883. The highest BCUT2D eigenvalue weighted by atomic mass is 19.2. The molecule has 2 aliphatic rings. The third-order valence-electron chi connectivity index (χ3n) is 5.01. The maximum Gasteiger partial charge on any atom is 0.325 e. The van der Waals surface area contributed by atoms with Crippen molar-refractivity contribution in [3.63, 3.8) is 0 Å². The summed E-state index contributed by atoms with van der Waals surface area (Å²) in [4.78, 5) is 26.5. The van der Waals surface area contributed by atoms with Gasteiger partial charge in [-0.05, 0) is 36.5 Å². The fourth-order valence-corrected chi connectivity index (χ4v) is 3.80. The predicted molar refractivity (Wildman–Crippen MR) is 86.5 cm³/mol. The number of nitrogens with one attached hydrogen (secondary N) is 1. The molecule has 25 heavy (non-hydrogen) atoms. The fraction of sp³-hybridized carbons (Fsp3) is 0.263. The van der Waals surface area contributed by atoms with Crippen LogP contribution in [0.4, 0.5) is 13.6 Å². The third kappa shape index (κ3) is 2.32. The van der Waals surface area contributed by atoms with Crippen molar-refractivity contribution in [1.82, 2.24) is 10.2 Å². The molecule has 0 radical (unpaired) electrons. The molecule has 1 aliphatic heterocycles. The fourth-order valence-electron chi connectivity index (χ4n) is 3.80. The molecule has 4 rings (SSSR count). The van der Waals surface area contributed by atoms with Gasteiger partial charge in [-0.15, -0.1) is 0 Å². The SMILES string of the molecule is O=C1N[C@]2(CCCc3ccccc32)C(=O)N1Cc1cccc(F)c1F. The highest BCUT2D eigenvalue weighted by molar-refractivity contribution is 6.07.